The molecular weight excluding hydrogens is 462 g/mol. The van der Waals surface area contributed by atoms with Gasteiger partial charge in [-0.3, -0.25) is 0 Å². The Labute approximate surface area is 220 Å². The van der Waals surface area contributed by atoms with E-state index in [2.05, 4.69) is 128 Å². The van der Waals surface area contributed by atoms with Crippen LogP contribution in [-0.2, 0) is 5.41 Å². The van der Waals surface area contributed by atoms with E-state index in [4.69, 9.17) is 4.42 Å². The lowest BCUT2D eigenvalue weighted by Crippen LogP contribution is -2.10. The van der Waals surface area contributed by atoms with Crippen LogP contribution in [0.4, 0.5) is 0 Å². The summed E-state index contributed by atoms with van der Waals surface area (Å²) >= 11 is 0. The van der Waals surface area contributed by atoms with Crippen molar-refractivity contribution in [3.05, 3.63) is 115 Å². The second-order valence-corrected chi connectivity index (χ2v) is 11.4. The van der Waals surface area contributed by atoms with Crippen molar-refractivity contribution in [3.8, 4) is 5.69 Å². The number of aromatic nitrogens is 1. The molecule has 2 nitrogen and oxygen atoms in total. The van der Waals surface area contributed by atoms with Crippen LogP contribution in [0.3, 0.4) is 0 Å². The molecule has 0 saturated carbocycles. The van der Waals surface area contributed by atoms with Gasteiger partial charge in [-0.1, -0.05) is 112 Å². The van der Waals surface area contributed by atoms with Crippen LogP contribution in [0.15, 0.2) is 114 Å². The Morgan fingerprint density at radius 2 is 0.974 bits per heavy atom. The van der Waals surface area contributed by atoms with Crippen molar-refractivity contribution in [1.82, 2.24) is 4.57 Å². The summed E-state index contributed by atoms with van der Waals surface area (Å²) in [6.07, 6.45) is 1.99. The second-order valence-electron chi connectivity index (χ2n) is 11.4. The average molecular weight is 490 g/mol. The van der Waals surface area contributed by atoms with Crippen molar-refractivity contribution in [1.29, 1.82) is 0 Å². The van der Waals surface area contributed by atoms with E-state index >= 15 is 0 Å². The van der Waals surface area contributed by atoms with Crippen molar-refractivity contribution in [2.45, 2.75) is 26.2 Å². The first-order valence-corrected chi connectivity index (χ1v) is 13.3. The van der Waals surface area contributed by atoms with E-state index in [0.29, 0.717) is 0 Å². The highest BCUT2D eigenvalue weighted by molar-refractivity contribution is 6.39. The summed E-state index contributed by atoms with van der Waals surface area (Å²) < 4.78 is 9.04. The Morgan fingerprint density at radius 1 is 0.500 bits per heavy atom. The van der Waals surface area contributed by atoms with E-state index < -0.39 is 0 Å². The van der Waals surface area contributed by atoms with Gasteiger partial charge >= 0.3 is 0 Å². The lowest BCUT2D eigenvalue weighted by Gasteiger charge is -2.17. The van der Waals surface area contributed by atoms with E-state index in [9.17, 15) is 0 Å². The minimum atomic E-state index is -0.0509. The van der Waals surface area contributed by atoms with E-state index in [0.717, 1.165) is 16.8 Å². The third-order valence-electron chi connectivity index (χ3n) is 8.13. The molecule has 0 amide bonds. The molecule has 0 N–H and O–H groups in total. The van der Waals surface area contributed by atoms with E-state index in [-0.39, 0.29) is 5.41 Å². The van der Waals surface area contributed by atoms with Gasteiger partial charge in [0, 0.05) is 32.8 Å². The number of fused-ring (bicyclic) bond motifs is 13. The van der Waals surface area contributed by atoms with Gasteiger partial charge in [-0.2, -0.15) is 0 Å². The SMILES string of the molecule is CC(C)(C)c1coc2c1c1ccccc1c1c3c4ccccc4c4ccccc4c3n(-c3ccccc3)c21. The highest BCUT2D eigenvalue weighted by Crippen LogP contribution is 2.49. The van der Waals surface area contributed by atoms with Crippen LogP contribution in [0.1, 0.15) is 26.3 Å². The molecule has 0 aliphatic rings. The maximum atomic E-state index is 6.59. The Kier molecular flexibility index (Phi) is 4.24. The molecule has 2 heterocycles. The molecule has 0 saturated heterocycles. The summed E-state index contributed by atoms with van der Waals surface area (Å²) in [5.74, 6) is 0. The van der Waals surface area contributed by atoms with Gasteiger partial charge in [0.15, 0.2) is 5.58 Å². The molecule has 2 aromatic heterocycles. The lowest BCUT2D eigenvalue weighted by molar-refractivity contribution is 0.558. The predicted molar refractivity (Wildman–Crippen MR) is 162 cm³/mol. The maximum Gasteiger partial charge on any atom is 0.159 e. The molecule has 2 heteroatoms. The normalized spacial score (nSPS) is 12.6. The van der Waals surface area contributed by atoms with Crippen molar-refractivity contribution in [2.24, 2.45) is 0 Å². The van der Waals surface area contributed by atoms with E-state index in [1.165, 1.54) is 59.6 Å². The zero-order valence-corrected chi connectivity index (χ0v) is 21.7. The van der Waals surface area contributed by atoms with Gasteiger partial charge in [0.2, 0.25) is 0 Å². The molecule has 0 aliphatic carbocycles. The molecular formula is C36H27NO. The third kappa shape index (κ3) is 2.72. The number of rotatable bonds is 1. The number of benzene rings is 6. The first kappa shape index (κ1) is 21.5. The summed E-state index contributed by atoms with van der Waals surface area (Å²) in [7, 11) is 0. The van der Waals surface area contributed by atoms with E-state index in [1.54, 1.807) is 0 Å². The summed E-state index contributed by atoms with van der Waals surface area (Å²) in [6, 6.07) is 37.3. The molecule has 38 heavy (non-hydrogen) atoms. The van der Waals surface area contributed by atoms with Gasteiger partial charge in [-0.15, -0.1) is 0 Å². The van der Waals surface area contributed by atoms with Gasteiger partial charge in [0.05, 0.1) is 17.3 Å². The summed E-state index contributed by atoms with van der Waals surface area (Å²) in [5, 5.41) is 11.3. The number of hydrogen-bond donors (Lipinski definition) is 0. The topological polar surface area (TPSA) is 18.1 Å². The van der Waals surface area contributed by atoms with Crippen LogP contribution in [-0.4, -0.2) is 4.57 Å². The van der Waals surface area contributed by atoms with Gasteiger partial charge in [0.1, 0.15) is 0 Å². The Hall–Kier alpha value is -4.56. The Morgan fingerprint density at radius 3 is 1.61 bits per heavy atom. The monoisotopic (exact) mass is 489 g/mol. The highest BCUT2D eigenvalue weighted by Gasteiger charge is 2.28. The number of para-hydroxylation sites is 1. The largest absolute Gasteiger partial charge is 0.462 e. The predicted octanol–water partition coefficient (Wildman–Crippen LogP) is 10.3. The second kappa shape index (κ2) is 7.49. The number of nitrogens with zero attached hydrogens (tertiary/aromatic N) is 1. The quantitative estimate of drug-likeness (QED) is 0.210. The van der Waals surface area contributed by atoms with Crippen molar-refractivity contribution in [3.63, 3.8) is 0 Å². The molecule has 0 atom stereocenters. The third-order valence-corrected chi connectivity index (χ3v) is 8.13. The van der Waals surface area contributed by atoms with Crippen LogP contribution >= 0.6 is 0 Å². The fourth-order valence-electron chi connectivity index (χ4n) is 6.53. The molecule has 0 spiro atoms. The first-order chi connectivity index (χ1) is 18.5. The van der Waals surface area contributed by atoms with Crippen molar-refractivity contribution in [2.75, 3.05) is 0 Å². The smallest absolute Gasteiger partial charge is 0.159 e. The lowest BCUT2D eigenvalue weighted by atomic mass is 9.85. The first-order valence-electron chi connectivity index (χ1n) is 13.3. The molecule has 6 aromatic carbocycles. The number of furan rings is 1. The molecule has 8 rings (SSSR count). The molecule has 0 bridgehead atoms. The van der Waals surface area contributed by atoms with Crippen LogP contribution in [0, 0.1) is 0 Å². The summed E-state index contributed by atoms with van der Waals surface area (Å²) in [5.41, 5.74) is 5.65. The van der Waals surface area contributed by atoms with Crippen LogP contribution in [0.25, 0.3) is 70.8 Å². The highest BCUT2D eigenvalue weighted by atomic mass is 16.3. The van der Waals surface area contributed by atoms with E-state index in [1.807, 2.05) is 6.26 Å². The molecule has 0 unspecified atom stereocenters. The van der Waals surface area contributed by atoms with Crippen LogP contribution in [0.5, 0.6) is 0 Å². The standard InChI is InChI=1S/C36H27NO/c1-36(2,3)29-21-38-35-30(29)26-18-10-11-19-27(26)32-31-25-17-9-7-15-23(25)24-16-8-12-20-28(24)33(31)37(34(32)35)22-13-5-4-6-14-22/h4-21H,1-3H3. The molecule has 8 aromatic rings. The Bertz CT molecular complexity index is 2200. The average Bonchev–Trinajstić information content (AvgIpc) is 3.55. The molecule has 0 fully saturated rings. The molecule has 0 aliphatic heterocycles. The summed E-state index contributed by atoms with van der Waals surface area (Å²) in [6.45, 7) is 6.80. The minimum absolute atomic E-state index is 0.0509. The van der Waals surface area contributed by atoms with Crippen LogP contribution in [0.2, 0.25) is 0 Å². The van der Waals surface area contributed by atoms with Gasteiger partial charge < -0.3 is 8.98 Å². The van der Waals surface area contributed by atoms with Gasteiger partial charge in [-0.25, -0.2) is 0 Å². The van der Waals surface area contributed by atoms with Gasteiger partial charge in [-0.05, 0) is 44.5 Å². The van der Waals surface area contributed by atoms with Crippen molar-refractivity contribution >= 4 is 65.1 Å². The van der Waals surface area contributed by atoms with Gasteiger partial charge in [0.25, 0.3) is 0 Å². The fraction of sp³-hybridized carbons (Fsp3) is 0.111. The zero-order valence-electron chi connectivity index (χ0n) is 21.7. The van der Waals surface area contributed by atoms with Crippen LogP contribution < -0.4 is 0 Å². The zero-order chi connectivity index (χ0) is 25.6. The minimum Gasteiger partial charge on any atom is -0.462 e. The molecule has 0 radical (unpaired) electrons. The number of hydrogen-bond acceptors (Lipinski definition) is 1. The fourth-order valence-corrected chi connectivity index (χ4v) is 6.53. The van der Waals surface area contributed by atoms with Crippen molar-refractivity contribution < 1.29 is 4.42 Å². The molecule has 182 valence electrons. The maximum absolute atomic E-state index is 6.59. The Balaban J connectivity index is 1.81. The summed E-state index contributed by atoms with van der Waals surface area (Å²) in [4.78, 5) is 0.